The lowest BCUT2D eigenvalue weighted by molar-refractivity contribution is 0.0636. The number of hydrogen-bond acceptors (Lipinski definition) is 8. The quantitative estimate of drug-likeness (QED) is 0.0924. The maximum atomic E-state index is 15.0. The van der Waals surface area contributed by atoms with Crippen LogP contribution in [0.4, 0.5) is 68.2 Å². The Kier molecular flexibility index (Phi) is 9.92. The van der Waals surface area contributed by atoms with Gasteiger partial charge in [0.05, 0.1) is 56.6 Å². The number of carbonyl (C=O) groups excluding carboxylic acids is 4. The van der Waals surface area contributed by atoms with Gasteiger partial charge in [-0.1, -0.05) is 121 Å². The van der Waals surface area contributed by atoms with Gasteiger partial charge >= 0.3 is 0 Å². The molecule has 0 saturated carbocycles. The van der Waals surface area contributed by atoms with Gasteiger partial charge in [-0.2, -0.15) is 0 Å². The Morgan fingerprint density at radius 1 is 0.238 bits per heavy atom. The molecule has 0 saturated heterocycles. The number of carbonyl (C=O) groups is 4. The van der Waals surface area contributed by atoms with E-state index in [1.807, 2.05) is 36.4 Å². The van der Waals surface area contributed by atoms with Crippen LogP contribution in [-0.4, -0.2) is 47.5 Å². The molecular weight excluding hydrogens is 1040 g/mol. The van der Waals surface area contributed by atoms with Gasteiger partial charge in [-0.15, -0.1) is 0 Å². The van der Waals surface area contributed by atoms with Crippen molar-refractivity contribution in [2.24, 2.45) is 0 Å². The molecule has 0 fully saturated rings. The van der Waals surface area contributed by atoms with Gasteiger partial charge in [0, 0.05) is 58.7 Å². The second-order valence-corrected chi connectivity index (χ2v) is 21.9. The zero-order chi connectivity index (χ0) is 56.2. The summed E-state index contributed by atoms with van der Waals surface area (Å²) in [6, 6.07) is 82.7. The summed E-state index contributed by atoms with van der Waals surface area (Å²) < 4.78 is 0. The van der Waals surface area contributed by atoms with Gasteiger partial charge in [-0.3, -0.25) is 29.0 Å². The average Bonchev–Trinajstić information content (AvgIpc) is 0.800. The highest BCUT2D eigenvalue weighted by atomic mass is 16.2. The predicted octanol–water partition coefficient (Wildman–Crippen LogP) is 18.0. The van der Waals surface area contributed by atoms with Gasteiger partial charge in [0.1, 0.15) is 0 Å². The minimum atomic E-state index is -0.391. The first-order valence-electron chi connectivity index (χ1n) is 28.0. The van der Waals surface area contributed by atoms with Crippen LogP contribution < -0.4 is 19.6 Å². The molecule has 0 aliphatic carbocycles. The van der Waals surface area contributed by atoms with E-state index < -0.39 is 11.8 Å². The van der Waals surface area contributed by atoms with E-state index in [4.69, 9.17) is 0 Å². The van der Waals surface area contributed by atoms with Crippen LogP contribution in [0.5, 0.6) is 0 Å². The van der Waals surface area contributed by atoms with Crippen LogP contribution in [0.2, 0.25) is 0 Å². The number of hydrogen-bond donors (Lipinski definition) is 0. The summed E-state index contributed by atoms with van der Waals surface area (Å²) in [5.74, 6) is -1.55. The third-order valence-corrected chi connectivity index (χ3v) is 17.6. The fraction of sp³-hybridized carbons (Fsp3) is 0.0270. The highest BCUT2D eigenvalue weighted by Crippen LogP contribution is 2.57. The Balaban J connectivity index is 0.846. The molecular formula is C74H46N6O4. The lowest BCUT2D eigenvalue weighted by Gasteiger charge is -2.40. The fourth-order valence-electron chi connectivity index (χ4n) is 13.9. The summed E-state index contributed by atoms with van der Waals surface area (Å²) in [6.45, 7) is 0. The zero-order valence-corrected chi connectivity index (χ0v) is 45.4. The minimum Gasteiger partial charge on any atom is -0.306 e. The first-order valence-corrected chi connectivity index (χ1v) is 28.0. The number of fused-ring (bicyclic) bond motifs is 6. The maximum absolute atomic E-state index is 15.0. The van der Waals surface area contributed by atoms with Crippen molar-refractivity contribution in [3.05, 3.63) is 265 Å². The molecule has 0 radical (unpaired) electrons. The predicted molar refractivity (Wildman–Crippen MR) is 337 cm³/mol. The molecule has 13 aromatic rings. The molecule has 396 valence electrons. The van der Waals surface area contributed by atoms with Gasteiger partial charge in [0.15, 0.2) is 0 Å². The largest absolute Gasteiger partial charge is 0.306 e. The van der Waals surface area contributed by atoms with E-state index in [-0.39, 0.29) is 11.8 Å². The third-order valence-electron chi connectivity index (χ3n) is 17.6. The molecule has 10 heteroatoms. The minimum absolute atomic E-state index is 0.382. The van der Waals surface area contributed by atoms with Crippen molar-refractivity contribution >= 4 is 135 Å². The van der Waals surface area contributed by atoms with Crippen LogP contribution in [0, 0.1) is 0 Å². The maximum Gasteiger partial charge on any atom is 0.261 e. The molecule has 17 rings (SSSR count). The Morgan fingerprint density at radius 2 is 0.512 bits per heavy atom. The Hall–Kier alpha value is -11.4. The van der Waals surface area contributed by atoms with E-state index in [0.29, 0.717) is 44.2 Å². The SMILES string of the molecule is CN1C(=O)c2ccc3c4cc(-c5ccc(N6c7ccccc7N(c7ccccc7)c7ccccc76)cc5)c5c6c(ccc(c7cc(-c8ccc(N9c%10ccccc%10N(c%10ccccc%10)c%10ccccc%109)cc8)c(c2c37)C1=O)c64)C(=O)N(C)C5=O. The van der Waals surface area contributed by atoms with Gasteiger partial charge in [0.2, 0.25) is 0 Å². The Morgan fingerprint density at radius 3 is 0.810 bits per heavy atom. The van der Waals surface area contributed by atoms with Crippen LogP contribution in [0.25, 0.3) is 65.3 Å². The number of benzene rings is 13. The Labute approximate surface area is 482 Å². The Bertz CT molecular complexity index is 4630. The van der Waals surface area contributed by atoms with Gasteiger partial charge < -0.3 is 19.6 Å². The molecule has 10 nitrogen and oxygen atoms in total. The topological polar surface area (TPSA) is 87.7 Å². The van der Waals surface area contributed by atoms with Crippen molar-refractivity contribution in [3.8, 4) is 22.3 Å². The van der Waals surface area contributed by atoms with Crippen molar-refractivity contribution in [2.75, 3.05) is 33.7 Å². The van der Waals surface area contributed by atoms with Crippen LogP contribution in [0.3, 0.4) is 0 Å². The number of nitrogens with zero attached hydrogens (tertiary/aromatic N) is 6. The summed E-state index contributed by atoms with van der Waals surface area (Å²) in [4.78, 5) is 70.3. The lowest BCUT2D eigenvalue weighted by Crippen LogP contribution is -2.37. The second kappa shape index (κ2) is 17.6. The molecule has 4 aliphatic rings. The summed E-state index contributed by atoms with van der Waals surface area (Å²) in [5, 5.41) is 5.95. The average molecular weight is 1080 g/mol. The first kappa shape index (κ1) is 47.4. The molecule has 13 aromatic carbocycles. The second-order valence-electron chi connectivity index (χ2n) is 21.9. The standard InChI is InChI=1S/C74H46N6O4/c1-75-71(81)51-39-37-49-56-42-54(44-31-35-48(36-32-44)80-63-27-15-11-23-59(63)78(46-19-7-4-8-20-46)60-24-12-16-28-64(60)80)70-68-52(72(82)76(2)74(70)84)40-38-50(66(56)68)55-41-53(69(73(75)83)67(51)65(49)55)43-29-33-47(34-30-43)79-61-25-13-9-21-57(61)77(45-17-5-3-6-18-45)58-22-10-14-26-62(58)79/h3-42H,1-2H3. The van der Waals surface area contributed by atoms with Crippen LogP contribution >= 0.6 is 0 Å². The number of para-hydroxylation sites is 10. The van der Waals surface area contributed by atoms with Gasteiger partial charge in [-0.05, 0) is 176 Å². The third kappa shape index (κ3) is 6.44. The smallest absolute Gasteiger partial charge is 0.261 e. The van der Waals surface area contributed by atoms with E-state index in [1.54, 1.807) is 14.1 Å². The monoisotopic (exact) mass is 1080 g/mol. The zero-order valence-electron chi connectivity index (χ0n) is 45.4. The van der Waals surface area contributed by atoms with E-state index in [0.717, 1.165) is 112 Å². The molecule has 0 aromatic heterocycles. The molecule has 4 amide bonds. The molecule has 0 atom stereocenters. The molecule has 0 N–H and O–H groups in total. The van der Waals surface area contributed by atoms with Crippen LogP contribution in [-0.2, 0) is 0 Å². The normalized spacial score (nSPS) is 14.3. The molecule has 0 spiro atoms. The molecule has 0 bridgehead atoms. The molecule has 4 heterocycles. The number of rotatable bonds is 6. The summed E-state index contributed by atoms with van der Waals surface area (Å²) >= 11 is 0. The van der Waals surface area contributed by atoms with Gasteiger partial charge in [0.25, 0.3) is 23.6 Å². The van der Waals surface area contributed by atoms with E-state index in [9.17, 15) is 19.2 Å². The highest BCUT2D eigenvalue weighted by Gasteiger charge is 2.39. The summed E-state index contributed by atoms with van der Waals surface area (Å²) in [6.07, 6.45) is 0. The number of anilines is 12. The highest BCUT2D eigenvalue weighted by molar-refractivity contribution is 6.43. The van der Waals surface area contributed by atoms with Gasteiger partial charge in [-0.25, -0.2) is 0 Å². The van der Waals surface area contributed by atoms with E-state index in [1.165, 1.54) is 9.80 Å². The van der Waals surface area contributed by atoms with Crippen LogP contribution in [0.15, 0.2) is 243 Å². The lowest BCUT2D eigenvalue weighted by atomic mass is 9.78. The molecule has 84 heavy (non-hydrogen) atoms. The molecule has 4 aliphatic heterocycles. The number of imide groups is 2. The van der Waals surface area contributed by atoms with Crippen molar-refractivity contribution in [3.63, 3.8) is 0 Å². The first-order chi connectivity index (χ1) is 41.2. The van der Waals surface area contributed by atoms with Crippen molar-refractivity contribution in [1.29, 1.82) is 0 Å². The number of amides is 4. The fourth-order valence-corrected chi connectivity index (χ4v) is 13.9. The summed E-state index contributed by atoms with van der Waals surface area (Å²) in [7, 11) is 3.10. The van der Waals surface area contributed by atoms with Crippen molar-refractivity contribution in [1.82, 2.24) is 9.80 Å². The van der Waals surface area contributed by atoms with E-state index in [2.05, 4.69) is 226 Å². The van der Waals surface area contributed by atoms with E-state index >= 15 is 0 Å². The van der Waals surface area contributed by atoms with Crippen LogP contribution in [0.1, 0.15) is 41.4 Å². The van der Waals surface area contributed by atoms with Crippen molar-refractivity contribution in [2.45, 2.75) is 0 Å². The van der Waals surface area contributed by atoms with Crippen molar-refractivity contribution < 1.29 is 19.2 Å². The summed E-state index contributed by atoms with van der Waals surface area (Å²) in [5.41, 5.74) is 16.8. The molecule has 0 unspecified atom stereocenters.